The number of nitrogens with zero attached hydrogens (tertiary/aromatic N) is 2. The third kappa shape index (κ3) is 3.67. The van der Waals surface area contributed by atoms with Gasteiger partial charge in [-0.2, -0.15) is 0 Å². The van der Waals surface area contributed by atoms with Crippen molar-refractivity contribution in [3.63, 3.8) is 0 Å². The minimum atomic E-state index is 1.03. The summed E-state index contributed by atoms with van der Waals surface area (Å²) in [7, 11) is 0. The lowest BCUT2D eigenvalue weighted by Crippen LogP contribution is -2.02. The van der Waals surface area contributed by atoms with E-state index in [1.165, 1.54) is 55.4 Å². The Hall–Kier alpha value is -5.00. The van der Waals surface area contributed by atoms with Crippen molar-refractivity contribution < 1.29 is 0 Å². The molecular formula is C37H28N2. The molecule has 0 saturated heterocycles. The summed E-state index contributed by atoms with van der Waals surface area (Å²) in [6, 6.07) is 34.8. The fraction of sp³-hybridized carbons (Fsp3) is 0.0811. The predicted molar refractivity (Wildman–Crippen MR) is 166 cm³/mol. The first kappa shape index (κ1) is 23.1. The smallest absolute Gasteiger partial charge is 0.0545 e. The van der Waals surface area contributed by atoms with Crippen LogP contribution in [0.2, 0.25) is 0 Å². The molecule has 1 aliphatic carbocycles. The molecule has 2 heteroatoms. The Kier molecular flexibility index (Phi) is 5.57. The van der Waals surface area contributed by atoms with Crippen molar-refractivity contribution in [3.8, 4) is 34.8 Å². The van der Waals surface area contributed by atoms with E-state index >= 15 is 0 Å². The zero-order valence-electron chi connectivity index (χ0n) is 21.9. The molecular weight excluding hydrogens is 472 g/mol. The molecule has 6 aromatic rings. The zero-order valence-corrected chi connectivity index (χ0v) is 21.9. The van der Waals surface area contributed by atoms with Crippen LogP contribution in [-0.2, 0) is 6.42 Å². The van der Waals surface area contributed by atoms with Crippen molar-refractivity contribution >= 4 is 34.0 Å². The number of aromatic nitrogens is 2. The highest BCUT2D eigenvalue weighted by molar-refractivity contribution is 6.04. The van der Waals surface area contributed by atoms with E-state index in [0.717, 1.165) is 24.2 Å². The molecule has 0 amide bonds. The van der Waals surface area contributed by atoms with Crippen LogP contribution in [0.25, 0.3) is 56.5 Å². The monoisotopic (exact) mass is 500 g/mol. The van der Waals surface area contributed by atoms with Gasteiger partial charge >= 0.3 is 0 Å². The fourth-order valence-electron chi connectivity index (χ4n) is 6.16. The summed E-state index contributed by atoms with van der Waals surface area (Å²) >= 11 is 0. The standard InChI is InChI=1S/C37H28N2/c1-3-4-21-33-26(2)31-24-37-32(25-36(31)38(33)28-17-9-6-10-18-28)30-20-12-14-23-35(30)39(37)34-22-13-11-19-29(34)27-15-7-5-8-16-27/h1,4-11,13-19,21-25H,12,20H2,2H3/b21-4-. The van der Waals surface area contributed by atoms with Gasteiger partial charge in [0.1, 0.15) is 0 Å². The predicted octanol–water partition coefficient (Wildman–Crippen LogP) is 9.16. The lowest BCUT2D eigenvalue weighted by molar-refractivity contribution is 0.968. The van der Waals surface area contributed by atoms with E-state index in [1.807, 2.05) is 0 Å². The molecule has 7 rings (SSSR count). The van der Waals surface area contributed by atoms with Crippen LogP contribution in [0.4, 0.5) is 0 Å². The molecule has 4 aromatic carbocycles. The van der Waals surface area contributed by atoms with Gasteiger partial charge in [-0.05, 0) is 85.0 Å². The molecule has 39 heavy (non-hydrogen) atoms. The van der Waals surface area contributed by atoms with Gasteiger partial charge in [0.15, 0.2) is 0 Å². The van der Waals surface area contributed by atoms with E-state index in [0.29, 0.717) is 0 Å². The molecule has 186 valence electrons. The largest absolute Gasteiger partial charge is 0.310 e. The van der Waals surface area contributed by atoms with Crippen LogP contribution < -0.4 is 0 Å². The molecule has 0 aliphatic heterocycles. The van der Waals surface area contributed by atoms with Gasteiger partial charge in [-0.15, -0.1) is 6.42 Å². The maximum atomic E-state index is 5.64. The Morgan fingerprint density at radius 1 is 0.795 bits per heavy atom. The number of rotatable bonds is 4. The molecule has 0 radical (unpaired) electrons. The molecule has 2 heterocycles. The molecule has 0 spiro atoms. The molecule has 0 atom stereocenters. The molecule has 0 unspecified atom stereocenters. The fourth-order valence-corrected chi connectivity index (χ4v) is 6.16. The van der Waals surface area contributed by atoms with Crippen LogP contribution in [0, 0.1) is 19.3 Å². The average molecular weight is 501 g/mol. The maximum Gasteiger partial charge on any atom is 0.0545 e. The minimum Gasteiger partial charge on any atom is -0.310 e. The Morgan fingerprint density at radius 3 is 2.28 bits per heavy atom. The number of hydrogen-bond acceptors (Lipinski definition) is 0. The number of para-hydroxylation sites is 2. The topological polar surface area (TPSA) is 9.86 Å². The van der Waals surface area contributed by atoms with Gasteiger partial charge in [0.05, 0.1) is 22.4 Å². The van der Waals surface area contributed by atoms with Gasteiger partial charge in [-0.1, -0.05) is 78.7 Å². The minimum absolute atomic E-state index is 1.03. The summed E-state index contributed by atoms with van der Waals surface area (Å²) in [5, 5.41) is 2.55. The summed E-state index contributed by atoms with van der Waals surface area (Å²) in [4.78, 5) is 0. The van der Waals surface area contributed by atoms with Gasteiger partial charge in [-0.3, -0.25) is 0 Å². The number of hydrogen-bond donors (Lipinski definition) is 0. The summed E-state index contributed by atoms with van der Waals surface area (Å²) in [5.41, 5.74) is 12.3. The first-order valence-corrected chi connectivity index (χ1v) is 13.5. The lowest BCUT2D eigenvalue weighted by Gasteiger charge is -2.16. The normalized spacial score (nSPS) is 12.8. The van der Waals surface area contributed by atoms with Gasteiger partial charge in [0, 0.05) is 27.7 Å². The molecule has 0 bridgehead atoms. The zero-order chi connectivity index (χ0) is 26.3. The summed E-state index contributed by atoms with van der Waals surface area (Å²) in [6.45, 7) is 2.20. The quantitative estimate of drug-likeness (QED) is 0.214. The van der Waals surface area contributed by atoms with Gasteiger partial charge in [-0.25, -0.2) is 0 Å². The first-order valence-electron chi connectivity index (χ1n) is 13.5. The highest BCUT2D eigenvalue weighted by Gasteiger charge is 2.23. The summed E-state index contributed by atoms with van der Waals surface area (Å²) in [5.74, 6) is 2.68. The number of terminal acetylenes is 1. The van der Waals surface area contributed by atoms with E-state index in [4.69, 9.17) is 6.42 Å². The van der Waals surface area contributed by atoms with Crippen LogP contribution in [0.1, 0.15) is 28.9 Å². The highest BCUT2D eigenvalue weighted by atomic mass is 15.0. The summed E-state index contributed by atoms with van der Waals surface area (Å²) < 4.78 is 4.82. The van der Waals surface area contributed by atoms with Crippen molar-refractivity contribution in [2.75, 3.05) is 0 Å². The third-order valence-corrected chi connectivity index (χ3v) is 7.92. The van der Waals surface area contributed by atoms with Crippen molar-refractivity contribution in [1.29, 1.82) is 0 Å². The van der Waals surface area contributed by atoms with E-state index in [2.05, 4.69) is 137 Å². The van der Waals surface area contributed by atoms with Crippen LogP contribution >= 0.6 is 0 Å². The second-order valence-electron chi connectivity index (χ2n) is 10.1. The lowest BCUT2D eigenvalue weighted by atomic mass is 10.00. The number of fused-ring (bicyclic) bond motifs is 4. The Bertz CT molecular complexity index is 1960. The summed E-state index contributed by atoms with van der Waals surface area (Å²) in [6.07, 6.45) is 16.2. The van der Waals surface area contributed by atoms with E-state index < -0.39 is 0 Å². The maximum absolute atomic E-state index is 5.64. The third-order valence-electron chi connectivity index (χ3n) is 7.92. The molecule has 0 fully saturated rings. The Balaban J connectivity index is 1.59. The van der Waals surface area contributed by atoms with Gasteiger partial charge < -0.3 is 9.13 Å². The van der Waals surface area contributed by atoms with Crippen LogP contribution in [0.15, 0.2) is 109 Å². The van der Waals surface area contributed by atoms with Crippen molar-refractivity contribution in [2.24, 2.45) is 0 Å². The molecule has 0 N–H and O–H groups in total. The number of aryl methyl sites for hydroxylation is 2. The first-order chi connectivity index (χ1) is 19.3. The molecule has 0 saturated carbocycles. The second kappa shape index (κ2) is 9.39. The van der Waals surface area contributed by atoms with Crippen molar-refractivity contribution in [3.05, 3.63) is 132 Å². The molecule has 1 aliphatic rings. The Labute approximate surface area is 229 Å². The SMILES string of the molecule is C#C/C=C\c1c(C)c2cc3c(cc2n1-c1ccccc1)c1c(n3-c2ccccc2-c2ccccc2)C=CCC1. The second-order valence-corrected chi connectivity index (χ2v) is 10.1. The molecule has 2 nitrogen and oxygen atoms in total. The number of allylic oxidation sites excluding steroid dienone is 2. The van der Waals surface area contributed by atoms with Gasteiger partial charge in [0.2, 0.25) is 0 Å². The van der Waals surface area contributed by atoms with Crippen LogP contribution in [0.5, 0.6) is 0 Å². The number of benzene rings is 4. The Morgan fingerprint density at radius 2 is 1.49 bits per heavy atom. The molecule has 2 aromatic heterocycles. The van der Waals surface area contributed by atoms with E-state index in [-0.39, 0.29) is 0 Å². The highest BCUT2D eigenvalue weighted by Crippen LogP contribution is 2.41. The van der Waals surface area contributed by atoms with E-state index in [1.54, 1.807) is 6.08 Å². The van der Waals surface area contributed by atoms with E-state index in [9.17, 15) is 0 Å². The van der Waals surface area contributed by atoms with Crippen molar-refractivity contribution in [2.45, 2.75) is 19.8 Å². The van der Waals surface area contributed by atoms with Crippen molar-refractivity contribution in [1.82, 2.24) is 9.13 Å². The van der Waals surface area contributed by atoms with Gasteiger partial charge in [0.25, 0.3) is 0 Å². The van der Waals surface area contributed by atoms with Crippen LogP contribution in [0.3, 0.4) is 0 Å². The average Bonchev–Trinajstić information content (AvgIpc) is 3.46. The van der Waals surface area contributed by atoms with Crippen LogP contribution in [-0.4, -0.2) is 9.13 Å².